The summed E-state index contributed by atoms with van der Waals surface area (Å²) in [6, 6.07) is 7.14. The first-order valence-electron chi connectivity index (χ1n) is 7.56. The summed E-state index contributed by atoms with van der Waals surface area (Å²) in [5.74, 6) is -0.665. The Hall–Kier alpha value is -2.25. The summed E-state index contributed by atoms with van der Waals surface area (Å²) in [7, 11) is 0. The average molecular weight is 360 g/mol. The molecule has 24 heavy (non-hydrogen) atoms. The molecule has 3 aromatic rings. The zero-order chi connectivity index (χ0) is 17.1. The Labute approximate surface area is 147 Å². The Morgan fingerprint density at radius 3 is 2.83 bits per heavy atom. The van der Waals surface area contributed by atoms with Crippen LogP contribution in [-0.4, -0.2) is 23.5 Å². The predicted octanol–water partition coefficient (Wildman–Crippen LogP) is 4.35. The van der Waals surface area contributed by atoms with Crippen LogP contribution in [0.2, 0.25) is 0 Å². The van der Waals surface area contributed by atoms with E-state index in [2.05, 4.69) is 10.3 Å². The molecule has 1 amide bonds. The highest BCUT2D eigenvalue weighted by Crippen LogP contribution is 2.30. The van der Waals surface area contributed by atoms with E-state index in [0.29, 0.717) is 22.7 Å². The number of amides is 1. The maximum absolute atomic E-state index is 12.5. The number of ether oxygens (including phenoxy) is 1. The normalized spacial score (nSPS) is 10.8. The summed E-state index contributed by atoms with van der Waals surface area (Å²) in [5.41, 5.74) is 3.56. The maximum Gasteiger partial charge on any atom is 0.341 e. The van der Waals surface area contributed by atoms with Crippen LogP contribution in [0.5, 0.6) is 0 Å². The fourth-order valence-corrected chi connectivity index (χ4v) is 3.94. The summed E-state index contributed by atoms with van der Waals surface area (Å²) >= 11 is 2.88. The van der Waals surface area contributed by atoms with Crippen molar-refractivity contribution in [3.05, 3.63) is 45.8 Å². The van der Waals surface area contributed by atoms with Crippen molar-refractivity contribution in [3.8, 4) is 0 Å². The van der Waals surface area contributed by atoms with Crippen LogP contribution in [0.3, 0.4) is 0 Å². The molecule has 0 aliphatic heterocycles. The van der Waals surface area contributed by atoms with Gasteiger partial charge in [0.05, 0.1) is 27.9 Å². The number of rotatable bonds is 5. The van der Waals surface area contributed by atoms with Crippen LogP contribution in [0.1, 0.15) is 39.4 Å². The number of hydrogen-bond donors (Lipinski definition) is 1. The molecule has 124 valence electrons. The molecule has 0 atom stereocenters. The van der Waals surface area contributed by atoms with Crippen molar-refractivity contribution in [1.29, 1.82) is 0 Å². The number of aryl methyl sites for hydroxylation is 1. The third-order valence-corrected chi connectivity index (χ3v) is 5.43. The fraction of sp³-hybridized carbons (Fsp3) is 0.235. The Bertz CT molecular complexity index is 898. The van der Waals surface area contributed by atoms with Crippen LogP contribution in [0.15, 0.2) is 29.8 Å². The Morgan fingerprint density at radius 1 is 1.25 bits per heavy atom. The minimum Gasteiger partial charge on any atom is -0.462 e. The van der Waals surface area contributed by atoms with E-state index < -0.39 is 5.97 Å². The van der Waals surface area contributed by atoms with Gasteiger partial charge in [-0.25, -0.2) is 9.78 Å². The molecule has 0 unspecified atom stereocenters. The molecule has 0 aliphatic carbocycles. The fourth-order valence-electron chi connectivity index (χ4n) is 2.24. The molecule has 0 radical (unpaired) electrons. The number of nitrogens with zero attached hydrogens (tertiary/aromatic N) is 1. The van der Waals surface area contributed by atoms with Gasteiger partial charge in [-0.3, -0.25) is 4.79 Å². The van der Waals surface area contributed by atoms with E-state index >= 15 is 0 Å². The molecule has 5 nitrogen and oxygen atoms in total. The summed E-state index contributed by atoms with van der Waals surface area (Å²) in [6.07, 6.45) is 0.791. The molecule has 0 spiro atoms. The Kier molecular flexibility index (Phi) is 4.92. The highest BCUT2D eigenvalue weighted by Gasteiger charge is 2.19. The predicted molar refractivity (Wildman–Crippen MR) is 97.2 cm³/mol. The van der Waals surface area contributed by atoms with Crippen LogP contribution in [0.4, 0.5) is 5.00 Å². The smallest absolute Gasteiger partial charge is 0.341 e. The van der Waals surface area contributed by atoms with Gasteiger partial charge in [0.15, 0.2) is 0 Å². The highest BCUT2D eigenvalue weighted by atomic mass is 32.1. The van der Waals surface area contributed by atoms with E-state index in [9.17, 15) is 9.59 Å². The van der Waals surface area contributed by atoms with E-state index in [1.54, 1.807) is 30.6 Å². The van der Waals surface area contributed by atoms with Crippen molar-refractivity contribution in [2.75, 3.05) is 11.9 Å². The zero-order valence-corrected chi connectivity index (χ0v) is 14.9. The minimum absolute atomic E-state index is 0.250. The second-order valence-corrected chi connectivity index (χ2v) is 7.04. The van der Waals surface area contributed by atoms with Crippen LogP contribution in [-0.2, 0) is 11.2 Å². The molecule has 0 saturated heterocycles. The summed E-state index contributed by atoms with van der Waals surface area (Å²) in [5, 5.41) is 3.37. The lowest BCUT2D eigenvalue weighted by atomic mass is 10.2. The van der Waals surface area contributed by atoms with Gasteiger partial charge < -0.3 is 10.1 Å². The number of esters is 1. The number of thiophene rings is 1. The first-order chi connectivity index (χ1) is 11.6. The van der Waals surface area contributed by atoms with Gasteiger partial charge >= 0.3 is 5.97 Å². The SMILES string of the molecule is CCOC(=O)c1cc(CC)sc1NC(=O)c1ccc2ncsc2c1. The van der Waals surface area contributed by atoms with Crippen LogP contribution >= 0.6 is 22.7 Å². The van der Waals surface area contributed by atoms with Crippen LogP contribution < -0.4 is 5.32 Å². The van der Waals surface area contributed by atoms with Crippen molar-refractivity contribution < 1.29 is 14.3 Å². The third kappa shape index (κ3) is 3.32. The molecule has 0 bridgehead atoms. The van der Waals surface area contributed by atoms with E-state index in [-0.39, 0.29) is 5.91 Å². The number of carbonyl (C=O) groups excluding carboxylic acids is 2. The first-order valence-corrected chi connectivity index (χ1v) is 9.26. The number of nitrogens with one attached hydrogen (secondary N) is 1. The molecule has 0 aliphatic rings. The van der Waals surface area contributed by atoms with Gasteiger partial charge in [0, 0.05) is 10.4 Å². The average Bonchev–Trinajstić information content (AvgIpc) is 3.20. The molecule has 2 aromatic heterocycles. The molecule has 1 aromatic carbocycles. The lowest BCUT2D eigenvalue weighted by Crippen LogP contribution is -2.14. The monoisotopic (exact) mass is 360 g/mol. The number of thiazole rings is 1. The highest BCUT2D eigenvalue weighted by molar-refractivity contribution is 7.17. The number of carbonyl (C=O) groups is 2. The van der Waals surface area contributed by atoms with Crippen molar-refractivity contribution in [2.45, 2.75) is 20.3 Å². The maximum atomic E-state index is 12.5. The van der Waals surface area contributed by atoms with Gasteiger partial charge in [0.2, 0.25) is 0 Å². The summed E-state index contributed by atoms with van der Waals surface area (Å²) in [4.78, 5) is 29.8. The summed E-state index contributed by atoms with van der Waals surface area (Å²) < 4.78 is 6.02. The van der Waals surface area contributed by atoms with Crippen molar-refractivity contribution >= 4 is 49.8 Å². The van der Waals surface area contributed by atoms with Gasteiger partial charge in [-0.05, 0) is 37.6 Å². The van der Waals surface area contributed by atoms with Gasteiger partial charge in [-0.15, -0.1) is 22.7 Å². The Balaban J connectivity index is 1.87. The lowest BCUT2D eigenvalue weighted by molar-refractivity contribution is 0.0528. The first kappa shape index (κ1) is 16.6. The van der Waals surface area contributed by atoms with Crippen molar-refractivity contribution in [2.24, 2.45) is 0 Å². The second-order valence-electron chi connectivity index (χ2n) is 5.02. The van der Waals surface area contributed by atoms with Crippen LogP contribution in [0, 0.1) is 0 Å². The van der Waals surface area contributed by atoms with Gasteiger partial charge in [0.25, 0.3) is 5.91 Å². The third-order valence-electron chi connectivity index (χ3n) is 3.45. The number of anilines is 1. The lowest BCUT2D eigenvalue weighted by Gasteiger charge is -2.06. The Morgan fingerprint density at radius 2 is 2.08 bits per heavy atom. The molecule has 2 heterocycles. The largest absolute Gasteiger partial charge is 0.462 e. The second kappa shape index (κ2) is 7.11. The number of hydrogen-bond acceptors (Lipinski definition) is 6. The van der Waals surface area contributed by atoms with Gasteiger partial charge in [-0.2, -0.15) is 0 Å². The number of benzene rings is 1. The number of aromatic nitrogens is 1. The molecule has 3 rings (SSSR count). The van der Waals surface area contributed by atoms with Crippen molar-refractivity contribution in [1.82, 2.24) is 4.98 Å². The molecular weight excluding hydrogens is 344 g/mol. The quantitative estimate of drug-likeness (QED) is 0.687. The molecule has 1 N–H and O–H groups in total. The topological polar surface area (TPSA) is 68.3 Å². The number of fused-ring (bicyclic) bond motifs is 1. The van der Waals surface area contributed by atoms with E-state index in [1.807, 2.05) is 13.0 Å². The van der Waals surface area contributed by atoms with Crippen LogP contribution in [0.25, 0.3) is 10.2 Å². The molecular formula is C17H16N2O3S2. The van der Waals surface area contributed by atoms with Gasteiger partial charge in [-0.1, -0.05) is 6.92 Å². The minimum atomic E-state index is -0.415. The molecule has 7 heteroatoms. The zero-order valence-electron chi connectivity index (χ0n) is 13.3. The van der Waals surface area contributed by atoms with E-state index in [0.717, 1.165) is 21.5 Å². The standard InChI is InChI=1S/C17H16N2O3S2/c1-3-11-8-12(17(21)22-4-2)16(24-11)19-15(20)10-5-6-13-14(7-10)23-9-18-13/h5-9H,3-4H2,1-2H3,(H,19,20). The summed E-state index contributed by atoms with van der Waals surface area (Å²) in [6.45, 7) is 4.06. The molecule has 0 fully saturated rings. The van der Waals surface area contributed by atoms with E-state index in [4.69, 9.17) is 4.74 Å². The van der Waals surface area contributed by atoms with Gasteiger partial charge in [0.1, 0.15) is 5.00 Å². The van der Waals surface area contributed by atoms with Crippen molar-refractivity contribution in [3.63, 3.8) is 0 Å². The van der Waals surface area contributed by atoms with E-state index in [1.165, 1.54) is 22.7 Å². The molecule has 0 saturated carbocycles.